The lowest BCUT2D eigenvalue weighted by Gasteiger charge is -2.39. The fourth-order valence-electron chi connectivity index (χ4n) is 4.58. The number of H-pyrrole nitrogens is 1. The van der Waals surface area contributed by atoms with Crippen molar-refractivity contribution in [3.8, 4) is 22.5 Å². The van der Waals surface area contributed by atoms with Crippen LogP contribution in [0.2, 0.25) is 0 Å². The lowest BCUT2D eigenvalue weighted by atomic mass is 9.88. The van der Waals surface area contributed by atoms with Crippen LogP contribution in [0.5, 0.6) is 0 Å². The standard InChI is InChI=1S/C26H32N6O/c1-16(2)22-23(30-31-24(22)21-10-17(3)25-28-15-29-32(25)11-21)20-8-6-19(7-9-20)18(4)27-12-26(5)13-33-14-26/h6-11,15-16,18,27H,12-14H2,1-5H3,(H,30,31)/t18-/m1/s1. The van der Waals surface area contributed by atoms with E-state index in [1.807, 2.05) is 10.7 Å². The van der Waals surface area contributed by atoms with Gasteiger partial charge in [0.1, 0.15) is 6.33 Å². The number of aromatic nitrogens is 5. The zero-order valence-corrected chi connectivity index (χ0v) is 20.0. The maximum atomic E-state index is 5.37. The molecule has 0 bridgehead atoms. The molecule has 0 saturated carbocycles. The van der Waals surface area contributed by atoms with Gasteiger partial charge >= 0.3 is 0 Å². The van der Waals surface area contributed by atoms with Crippen LogP contribution in [-0.4, -0.2) is 44.6 Å². The highest BCUT2D eigenvalue weighted by Crippen LogP contribution is 2.36. The zero-order chi connectivity index (χ0) is 23.2. The van der Waals surface area contributed by atoms with Crippen molar-refractivity contribution in [1.29, 1.82) is 0 Å². The summed E-state index contributed by atoms with van der Waals surface area (Å²) in [6.07, 6.45) is 3.59. The molecule has 1 aliphatic rings. The number of ether oxygens (including phenoxy) is 1. The Morgan fingerprint density at radius 2 is 1.91 bits per heavy atom. The first kappa shape index (κ1) is 21.8. The van der Waals surface area contributed by atoms with Crippen molar-refractivity contribution >= 4 is 5.65 Å². The van der Waals surface area contributed by atoms with Gasteiger partial charge in [0.05, 0.1) is 24.6 Å². The first-order valence-electron chi connectivity index (χ1n) is 11.6. The second kappa shape index (κ2) is 8.39. The van der Waals surface area contributed by atoms with Gasteiger partial charge in [0.2, 0.25) is 0 Å². The maximum absolute atomic E-state index is 5.37. The number of hydrogen-bond acceptors (Lipinski definition) is 5. The highest BCUT2D eigenvalue weighted by Gasteiger charge is 2.33. The predicted octanol–water partition coefficient (Wildman–Crippen LogP) is 4.91. The minimum Gasteiger partial charge on any atom is -0.380 e. The van der Waals surface area contributed by atoms with Gasteiger partial charge in [-0.05, 0) is 42.5 Å². The average molecular weight is 445 g/mol. The molecule has 0 amide bonds. The molecule has 4 aromatic rings. The molecule has 33 heavy (non-hydrogen) atoms. The minimum absolute atomic E-state index is 0.264. The molecule has 7 nitrogen and oxygen atoms in total. The van der Waals surface area contributed by atoms with Crippen molar-refractivity contribution < 1.29 is 4.74 Å². The van der Waals surface area contributed by atoms with Crippen LogP contribution in [0.4, 0.5) is 0 Å². The lowest BCUT2D eigenvalue weighted by molar-refractivity contribution is -0.0999. The van der Waals surface area contributed by atoms with Gasteiger partial charge in [0, 0.05) is 35.3 Å². The zero-order valence-electron chi connectivity index (χ0n) is 20.0. The predicted molar refractivity (Wildman–Crippen MR) is 130 cm³/mol. The first-order valence-corrected chi connectivity index (χ1v) is 11.6. The van der Waals surface area contributed by atoms with Gasteiger partial charge in [-0.1, -0.05) is 45.0 Å². The SMILES string of the molecule is Cc1cc(-c2n[nH]c(-c3ccc([C@@H](C)NCC4(C)COC4)cc3)c2C(C)C)cn2ncnc12. The van der Waals surface area contributed by atoms with Crippen LogP contribution in [0.1, 0.15) is 56.3 Å². The third kappa shape index (κ3) is 4.07. The summed E-state index contributed by atoms with van der Waals surface area (Å²) in [6.45, 7) is 13.6. The number of rotatable bonds is 7. The number of hydrogen-bond donors (Lipinski definition) is 2. The van der Waals surface area contributed by atoms with E-state index in [0.717, 1.165) is 53.5 Å². The summed E-state index contributed by atoms with van der Waals surface area (Å²) in [4.78, 5) is 4.33. The minimum atomic E-state index is 0.264. The van der Waals surface area contributed by atoms with Crippen molar-refractivity contribution in [2.75, 3.05) is 19.8 Å². The third-order valence-corrected chi connectivity index (χ3v) is 6.65. The van der Waals surface area contributed by atoms with Gasteiger partial charge in [-0.25, -0.2) is 9.50 Å². The van der Waals surface area contributed by atoms with Gasteiger partial charge in [0.25, 0.3) is 0 Å². The van der Waals surface area contributed by atoms with Crippen LogP contribution in [0.25, 0.3) is 28.2 Å². The molecule has 172 valence electrons. The quantitative estimate of drug-likeness (QED) is 0.424. The van der Waals surface area contributed by atoms with Crippen LogP contribution in [0, 0.1) is 12.3 Å². The first-order chi connectivity index (χ1) is 15.8. The topological polar surface area (TPSA) is 80.1 Å². The Balaban J connectivity index is 1.42. The number of nitrogens with one attached hydrogen (secondary N) is 2. The smallest absolute Gasteiger partial charge is 0.158 e. The molecule has 0 aliphatic carbocycles. The molecule has 5 rings (SSSR count). The molecule has 7 heteroatoms. The monoisotopic (exact) mass is 444 g/mol. The Morgan fingerprint density at radius 1 is 1.15 bits per heavy atom. The summed E-state index contributed by atoms with van der Waals surface area (Å²) in [5.74, 6) is 0.311. The second-order valence-corrected chi connectivity index (χ2v) is 9.98. The van der Waals surface area contributed by atoms with E-state index >= 15 is 0 Å². The number of fused-ring (bicyclic) bond motifs is 1. The maximum Gasteiger partial charge on any atom is 0.158 e. The number of pyridine rings is 1. The van der Waals surface area contributed by atoms with Crippen molar-refractivity contribution in [3.05, 3.63) is 59.5 Å². The van der Waals surface area contributed by atoms with Gasteiger partial charge < -0.3 is 10.1 Å². The summed E-state index contributed by atoms with van der Waals surface area (Å²) < 4.78 is 7.19. The molecule has 3 aromatic heterocycles. The molecule has 0 radical (unpaired) electrons. The highest BCUT2D eigenvalue weighted by atomic mass is 16.5. The van der Waals surface area contributed by atoms with Crippen LogP contribution >= 0.6 is 0 Å². The largest absolute Gasteiger partial charge is 0.380 e. The van der Waals surface area contributed by atoms with Crippen LogP contribution in [-0.2, 0) is 4.74 Å². The molecule has 1 saturated heterocycles. The molecular weight excluding hydrogens is 412 g/mol. The number of aryl methyl sites for hydroxylation is 1. The van der Waals surface area contributed by atoms with E-state index in [0.29, 0.717) is 5.92 Å². The Morgan fingerprint density at radius 3 is 2.58 bits per heavy atom. The van der Waals surface area contributed by atoms with Gasteiger partial charge in [-0.2, -0.15) is 10.2 Å². The van der Waals surface area contributed by atoms with Gasteiger partial charge in [0.15, 0.2) is 5.65 Å². The molecule has 1 aliphatic heterocycles. The molecule has 1 fully saturated rings. The molecule has 1 atom stereocenters. The summed E-state index contributed by atoms with van der Waals surface area (Å²) in [7, 11) is 0. The van der Waals surface area contributed by atoms with Crippen LogP contribution in [0.15, 0.2) is 42.9 Å². The second-order valence-electron chi connectivity index (χ2n) is 9.98. The van der Waals surface area contributed by atoms with Crippen LogP contribution in [0.3, 0.4) is 0 Å². The van der Waals surface area contributed by atoms with E-state index in [4.69, 9.17) is 9.84 Å². The molecular formula is C26H32N6O. The van der Waals surface area contributed by atoms with E-state index < -0.39 is 0 Å². The van der Waals surface area contributed by atoms with Crippen molar-refractivity contribution in [2.45, 2.75) is 46.6 Å². The number of aromatic amines is 1. The fraction of sp³-hybridized carbons (Fsp3) is 0.423. The molecule has 2 N–H and O–H groups in total. The number of benzene rings is 1. The normalized spacial score (nSPS) is 16.3. The van der Waals surface area contributed by atoms with Gasteiger partial charge in [-0.3, -0.25) is 5.10 Å². The van der Waals surface area contributed by atoms with Crippen molar-refractivity contribution in [3.63, 3.8) is 0 Å². The Kier molecular flexibility index (Phi) is 5.54. The Bertz CT molecular complexity index is 1270. The molecule has 0 spiro atoms. The third-order valence-electron chi connectivity index (χ3n) is 6.65. The van der Waals surface area contributed by atoms with Gasteiger partial charge in [-0.15, -0.1) is 0 Å². The Hall–Kier alpha value is -3.03. The van der Waals surface area contributed by atoms with Crippen LogP contribution < -0.4 is 5.32 Å². The highest BCUT2D eigenvalue weighted by molar-refractivity contribution is 5.75. The lowest BCUT2D eigenvalue weighted by Crippen LogP contribution is -2.47. The molecule has 1 aromatic carbocycles. The average Bonchev–Trinajstić information content (AvgIpc) is 3.43. The van der Waals surface area contributed by atoms with E-state index in [2.05, 4.69) is 85.4 Å². The van der Waals surface area contributed by atoms with E-state index in [1.54, 1.807) is 6.33 Å². The van der Waals surface area contributed by atoms with E-state index in [9.17, 15) is 0 Å². The summed E-state index contributed by atoms with van der Waals surface area (Å²) in [5.41, 5.74) is 8.94. The van der Waals surface area contributed by atoms with E-state index in [1.165, 1.54) is 11.1 Å². The molecule has 4 heterocycles. The summed E-state index contributed by atoms with van der Waals surface area (Å²) in [6, 6.07) is 11.2. The fourth-order valence-corrected chi connectivity index (χ4v) is 4.58. The molecule has 0 unspecified atom stereocenters. The van der Waals surface area contributed by atoms with Crippen molar-refractivity contribution in [1.82, 2.24) is 30.1 Å². The number of nitrogens with zero attached hydrogens (tertiary/aromatic N) is 4. The summed E-state index contributed by atoms with van der Waals surface area (Å²) in [5, 5.41) is 16.0. The van der Waals surface area contributed by atoms with E-state index in [-0.39, 0.29) is 11.5 Å². The van der Waals surface area contributed by atoms with Crippen molar-refractivity contribution in [2.24, 2.45) is 5.41 Å². The Labute approximate surface area is 194 Å². The summed E-state index contributed by atoms with van der Waals surface area (Å²) >= 11 is 0.